The van der Waals surface area contributed by atoms with Crippen LogP contribution in [0.25, 0.3) is 11.0 Å². The van der Waals surface area contributed by atoms with Gasteiger partial charge in [0.05, 0.1) is 42.2 Å². The van der Waals surface area contributed by atoms with Gasteiger partial charge in [-0.15, -0.1) is 5.10 Å². The number of hydrogen-bond donors (Lipinski definition) is 1. The zero-order chi connectivity index (χ0) is 15.3. The molecule has 1 aliphatic rings. The van der Waals surface area contributed by atoms with E-state index >= 15 is 0 Å². The minimum atomic E-state index is -0.950. The zero-order valence-corrected chi connectivity index (χ0v) is 12.6. The summed E-state index contributed by atoms with van der Waals surface area (Å²) in [6.07, 6.45) is 3.28. The molecule has 0 aliphatic carbocycles. The Kier molecular flexibility index (Phi) is 2.82. The van der Waals surface area contributed by atoms with Gasteiger partial charge in [0.2, 0.25) is 0 Å². The molecular weight excluding hydrogens is 304 g/mol. The number of fused-ring (bicyclic) bond motifs is 1. The first-order chi connectivity index (χ1) is 10.5. The van der Waals surface area contributed by atoms with E-state index in [9.17, 15) is 5.11 Å². The minimum absolute atomic E-state index is 0.433. The molecule has 0 spiro atoms. The third-order valence-electron chi connectivity index (χ3n) is 3.91. The van der Waals surface area contributed by atoms with Gasteiger partial charge in [-0.2, -0.15) is 0 Å². The molecule has 1 fully saturated rings. The van der Waals surface area contributed by atoms with Crippen LogP contribution in [0, 0.1) is 0 Å². The molecular formula is C14H13ClN6O. The van der Waals surface area contributed by atoms with Gasteiger partial charge in [0, 0.05) is 12.1 Å². The van der Waals surface area contributed by atoms with Gasteiger partial charge in [-0.05, 0) is 18.2 Å². The van der Waals surface area contributed by atoms with E-state index in [0.29, 0.717) is 23.8 Å². The second-order valence-electron chi connectivity index (χ2n) is 5.49. The Morgan fingerprint density at radius 3 is 2.77 bits per heavy atom. The minimum Gasteiger partial charge on any atom is -0.380 e. The van der Waals surface area contributed by atoms with Crippen molar-refractivity contribution in [2.75, 3.05) is 18.0 Å². The average Bonchev–Trinajstić information content (AvgIpc) is 2.90. The van der Waals surface area contributed by atoms with Crippen molar-refractivity contribution in [2.24, 2.45) is 7.05 Å². The van der Waals surface area contributed by atoms with E-state index in [1.165, 1.54) is 0 Å². The summed E-state index contributed by atoms with van der Waals surface area (Å²) in [5, 5.41) is 18.9. The Labute approximate surface area is 131 Å². The van der Waals surface area contributed by atoms with Crippen LogP contribution in [0.15, 0.2) is 30.6 Å². The fourth-order valence-corrected chi connectivity index (χ4v) is 2.91. The number of halogens is 1. The van der Waals surface area contributed by atoms with Crippen molar-refractivity contribution in [3.8, 4) is 0 Å². The quantitative estimate of drug-likeness (QED) is 0.763. The molecule has 112 valence electrons. The van der Waals surface area contributed by atoms with Crippen LogP contribution in [-0.2, 0) is 12.6 Å². The molecule has 1 aliphatic heterocycles. The second kappa shape index (κ2) is 4.62. The first kappa shape index (κ1) is 13.4. The largest absolute Gasteiger partial charge is 0.380 e. The molecule has 0 atom stereocenters. The van der Waals surface area contributed by atoms with Crippen molar-refractivity contribution in [3.05, 3.63) is 41.3 Å². The highest BCUT2D eigenvalue weighted by Crippen LogP contribution is 2.34. The summed E-state index contributed by atoms with van der Waals surface area (Å²) in [6, 6.07) is 5.41. The molecule has 3 aromatic rings. The van der Waals surface area contributed by atoms with Crippen molar-refractivity contribution < 1.29 is 5.11 Å². The van der Waals surface area contributed by atoms with E-state index in [-0.39, 0.29) is 0 Å². The Morgan fingerprint density at radius 1 is 1.23 bits per heavy atom. The van der Waals surface area contributed by atoms with Gasteiger partial charge >= 0.3 is 0 Å². The van der Waals surface area contributed by atoms with E-state index in [2.05, 4.69) is 20.3 Å². The molecule has 22 heavy (non-hydrogen) atoms. The SMILES string of the molecule is Cn1nncc1C1(O)CN(c2cnc3cc(Cl)ccc3n2)C1. The standard InChI is InChI=1S/C14H13ClN6O/c1-20-12(5-17-19-20)14(22)7-21(8-14)13-6-16-11-4-9(15)2-3-10(11)18-13/h2-6,22H,7-8H2,1H3. The number of β-amino-alcohol motifs (C(OH)–C–C–N with tert-alkyl or cyclic N) is 1. The molecule has 1 saturated heterocycles. The fraction of sp³-hybridized carbons (Fsp3) is 0.286. The fourth-order valence-electron chi connectivity index (χ4n) is 2.75. The molecule has 3 heterocycles. The summed E-state index contributed by atoms with van der Waals surface area (Å²) >= 11 is 5.94. The maximum atomic E-state index is 10.6. The highest BCUT2D eigenvalue weighted by Gasteiger charge is 2.45. The lowest BCUT2D eigenvalue weighted by atomic mass is 9.91. The number of anilines is 1. The molecule has 0 amide bonds. The number of hydrogen-bond acceptors (Lipinski definition) is 6. The molecule has 1 aromatic carbocycles. The first-order valence-corrected chi connectivity index (χ1v) is 7.18. The van der Waals surface area contributed by atoms with Crippen molar-refractivity contribution in [1.29, 1.82) is 0 Å². The van der Waals surface area contributed by atoms with Crippen LogP contribution in [0.2, 0.25) is 5.02 Å². The molecule has 0 radical (unpaired) electrons. The molecule has 0 unspecified atom stereocenters. The van der Waals surface area contributed by atoms with Gasteiger partial charge in [-0.25, -0.2) is 9.67 Å². The highest BCUT2D eigenvalue weighted by atomic mass is 35.5. The van der Waals surface area contributed by atoms with Crippen molar-refractivity contribution in [3.63, 3.8) is 0 Å². The Bertz CT molecular complexity index is 857. The topological polar surface area (TPSA) is 80.0 Å². The van der Waals surface area contributed by atoms with Crippen LogP contribution in [-0.4, -0.2) is 43.2 Å². The number of aliphatic hydroxyl groups is 1. The number of rotatable bonds is 2. The smallest absolute Gasteiger partial charge is 0.148 e. The number of aromatic nitrogens is 5. The van der Waals surface area contributed by atoms with Crippen molar-refractivity contribution >= 4 is 28.5 Å². The molecule has 4 rings (SSSR count). The van der Waals surface area contributed by atoms with E-state index < -0.39 is 5.60 Å². The highest BCUT2D eigenvalue weighted by molar-refractivity contribution is 6.31. The van der Waals surface area contributed by atoms with Crippen molar-refractivity contribution in [1.82, 2.24) is 25.0 Å². The van der Waals surface area contributed by atoms with E-state index in [1.807, 2.05) is 11.0 Å². The van der Waals surface area contributed by atoms with Gasteiger partial charge in [0.1, 0.15) is 11.4 Å². The van der Waals surface area contributed by atoms with Gasteiger partial charge < -0.3 is 10.0 Å². The molecule has 0 saturated carbocycles. The van der Waals surface area contributed by atoms with E-state index in [0.717, 1.165) is 16.9 Å². The Morgan fingerprint density at radius 2 is 2.05 bits per heavy atom. The molecule has 8 heteroatoms. The van der Waals surface area contributed by atoms with Crippen LogP contribution >= 0.6 is 11.6 Å². The predicted octanol–water partition coefficient (Wildman–Crippen LogP) is 1.12. The van der Waals surface area contributed by atoms with E-state index in [1.54, 1.807) is 36.3 Å². The number of benzene rings is 1. The van der Waals surface area contributed by atoms with Crippen LogP contribution in [0.5, 0.6) is 0 Å². The summed E-state index contributed by atoms with van der Waals surface area (Å²) < 4.78 is 1.59. The molecule has 2 aromatic heterocycles. The maximum absolute atomic E-state index is 10.6. The second-order valence-corrected chi connectivity index (χ2v) is 5.93. The molecule has 1 N–H and O–H groups in total. The predicted molar refractivity (Wildman–Crippen MR) is 81.7 cm³/mol. The monoisotopic (exact) mass is 316 g/mol. The summed E-state index contributed by atoms with van der Waals surface area (Å²) in [6.45, 7) is 0.865. The Hall–Kier alpha value is -2.25. The number of aryl methyl sites for hydroxylation is 1. The first-order valence-electron chi connectivity index (χ1n) is 6.80. The van der Waals surface area contributed by atoms with Gasteiger partial charge in [-0.3, -0.25) is 4.98 Å². The van der Waals surface area contributed by atoms with E-state index in [4.69, 9.17) is 11.6 Å². The number of nitrogens with zero attached hydrogens (tertiary/aromatic N) is 6. The van der Waals surface area contributed by atoms with Crippen molar-refractivity contribution in [2.45, 2.75) is 5.60 Å². The van der Waals surface area contributed by atoms with Crippen LogP contribution < -0.4 is 4.90 Å². The summed E-state index contributed by atoms with van der Waals surface area (Å²) in [7, 11) is 1.77. The third kappa shape index (κ3) is 2.01. The summed E-state index contributed by atoms with van der Waals surface area (Å²) in [5.74, 6) is 0.731. The lowest BCUT2D eigenvalue weighted by Crippen LogP contribution is -2.60. The zero-order valence-electron chi connectivity index (χ0n) is 11.8. The van der Waals surface area contributed by atoms with Gasteiger partial charge in [0.25, 0.3) is 0 Å². The average molecular weight is 317 g/mol. The lowest BCUT2D eigenvalue weighted by molar-refractivity contribution is -0.000496. The van der Waals surface area contributed by atoms with Gasteiger partial charge in [0.15, 0.2) is 0 Å². The maximum Gasteiger partial charge on any atom is 0.148 e. The lowest BCUT2D eigenvalue weighted by Gasteiger charge is -2.46. The van der Waals surface area contributed by atoms with Crippen LogP contribution in [0.3, 0.4) is 0 Å². The summed E-state index contributed by atoms with van der Waals surface area (Å²) in [4.78, 5) is 10.9. The van der Waals surface area contributed by atoms with Crippen LogP contribution in [0.4, 0.5) is 5.82 Å². The van der Waals surface area contributed by atoms with Gasteiger partial charge in [-0.1, -0.05) is 16.8 Å². The Balaban J connectivity index is 1.60. The third-order valence-corrected chi connectivity index (χ3v) is 4.15. The van der Waals surface area contributed by atoms with Crippen LogP contribution in [0.1, 0.15) is 5.69 Å². The normalized spacial score (nSPS) is 16.8. The molecule has 0 bridgehead atoms. The molecule has 7 nitrogen and oxygen atoms in total. The summed E-state index contributed by atoms with van der Waals surface area (Å²) in [5.41, 5.74) is 1.28.